The molecule has 3 N–H and O–H groups in total. The van der Waals surface area contributed by atoms with Crippen LogP contribution in [0.3, 0.4) is 0 Å². The maximum Gasteiger partial charge on any atom is 0.269 e. The van der Waals surface area contributed by atoms with Crippen molar-refractivity contribution in [2.75, 3.05) is 13.1 Å². The number of carbonyl (C=O) groups is 2. The maximum absolute atomic E-state index is 12.6. The SMILES string of the molecule is CC1CN(C(C(=O)NNC(=O)c2cccc(O)c2)C(C)C)CC(C)O1. The van der Waals surface area contributed by atoms with Crippen molar-refractivity contribution >= 4 is 11.8 Å². The van der Waals surface area contributed by atoms with Gasteiger partial charge in [0.15, 0.2) is 0 Å². The highest BCUT2D eigenvalue weighted by Crippen LogP contribution is 2.18. The maximum atomic E-state index is 12.6. The first-order valence-corrected chi connectivity index (χ1v) is 8.56. The van der Waals surface area contributed by atoms with Crippen molar-refractivity contribution in [2.24, 2.45) is 5.92 Å². The summed E-state index contributed by atoms with van der Waals surface area (Å²) in [5.41, 5.74) is 5.19. The van der Waals surface area contributed by atoms with Crippen molar-refractivity contribution in [3.63, 3.8) is 0 Å². The number of ether oxygens (including phenoxy) is 1. The van der Waals surface area contributed by atoms with Gasteiger partial charge in [-0.05, 0) is 38.0 Å². The highest BCUT2D eigenvalue weighted by atomic mass is 16.5. The number of phenols is 1. The van der Waals surface area contributed by atoms with E-state index in [0.29, 0.717) is 13.1 Å². The van der Waals surface area contributed by atoms with E-state index in [1.165, 1.54) is 12.1 Å². The minimum atomic E-state index is -0.476. The molecule has 0 radical (unpaired) electrons. The van der Waals surface area contributed by atoms with Gasteiger partial charge in [0, 0.05) is 18.7 Å². The van der Waals surface area contributed by atoms with E-state index in [2.05, 4.69) is 15.8 Å². The molecular formula is C18H27N3O4. The lowest BCUT2D eigenvalue weighted by Gasteiger charge is -2.40. The van der Waals surface area contributed by atoms with Crippen LogP contribution in [0.4, 0.5) is 0 Å². The molecule has 7 nitrogen and oxygen atoms in total. The predicted molar refractivity (Wildman–Crippen MR) is 93.9 cm³/mol. The fourth-order valence-corrected chi connectivity index (χ4v) is 3.25. The molecule has 1 fully saturated rings. The summed E-state index contributed by atoms with van der Waals surface area (Å²) in [6.45, 7) is 9.27. The monoisotopic (exact) mass is 349 g/mol. The fraction of sp³-hybridized carbons (Fsp3) is 0.556. The quantitative estimate of drug-likeness (QED) is 0.713. The molecule has 1 aromatic rings. The zero-order valence-corrected chi connectivity index (χ0v) is 15.2. The molecule has 3 atom stereocenters. The Bertz CT molecular complexity index is 610. The van der Waals surface area contributed by atoms with E-state index in [0.717, 1.165) is 0 Å². The second-order valence-electron chi connectivity index (χ2n) is 6.89. The van der Waals surface area contributed by atoms with Gasteiger partial charge in [0.05, 0.1) is 18.2 Å². The lowest BCUT2D eigenvalue weighted by molar-refractivity contribution is -0.136. The molecule has 3 unspecified atom stereocenters. The Balaban J connectivity index is 1.99. The molecule has 1 aliphatic heterocycles. The number of hydrazine groups is 1. The van der Waals surface area contributed by atoms with Gasteiger partial charge in [-0.1, -0.05) is 19.9 Å². The minimum absolute atomic E-state index is 0.00433. The van der Waals surface area contributed by atoms with Gasteiger partial charge in [0.25, 0.3) is 11.8 Å². The third-order valence-electron chi connectivity index (χ3n) is 4.15. The molecule has 1 aliphatic rings. The molecule has 0 saturated carbocycles. The number of aromatic hydroxyl groups is 1. The number of phenolic OH excluding ortho intramolecular Hbond substituents is 1. The Kier molecular flexibility index (Phi) is 6.39. The molecule has 1 aromatic carbocycles. The Morgan fingerprint density at radius 1 is 1.20 bits per heavy atom. The average Bonchev–Trinajstić information content (AvgIpc) is 2.51. The Morgan fingerprint density at radius 3 is 2.40 bits per heavy atom. The van der Waals surface area contributed by atoms with Crippen LogP contribution in [0.15, 0.2) is 24.3 Å². The van der Waals surface area contributed by atoms with Crippen molar-refractivity contribution in [1.29, 1.82) is 0 Å². The zero-order valence-electron chi connectivity index (χ0n) is 15.2. The molecule has 2 rings (SSSR count). The molecule has 0 aromatic heterocycles. The number of hydrogen-bond acceptors (Lipinski definition) is 5. The molecule has 7 heteroatoms. The predicted octanol–water partition coefficient (Wildman–Crippen LogP) is 1.29. The first kappa shape index (κ1) is 19.2. The van der Waals surface area contributed by atoms with E-state index < -0.39 is 5.91 Å². The molecule has 138 valence electrons. The molecule has 2 amide bonds. The Morgan fingerprint density at radius 2 is 1.84 bits per heavy atom. The van der Waals surface area contributed by atoms with Gasteiger partial charge in [0.1, 0.15) is 5.75 Å². The zero-order chi connectivity index (χ0) is 18.6. The van der Waals surface area contributed by atoms with Crippen LogP contribution in [0.5, 0.6) is 5.75 Å². The highest BCUT2D eigenvalue weighted by molar-refractivity contribution is 5.96. The van der Waals surface area contributed by atoms with Crippen LogP contribution < -0.4 is 10.9 Å². The summed E-state index contributed by atoms with van der Waals surface area (Å²) in [4.78, 5) is 26.8. The summed E-state index contributed by atoms with van der Waals surface area (Å²) in [6, 6.07) is 5.59. The summed E-state index contributed by atoms with van der Waals surface area (Å²) in [7, 11) is 0. The van der Waals surface area contributed by atoms with Gasteiger partial charge in [-0.3, -0.25) is 25.3 Å². The fourth-order valence-electron chi connectivity index (χ4n) is 3.25. The third-order valence-corrected chi connectivity index (χ3v) is 4.15. The number of rotatable bonds is 4. The van der Waals surface area contributed by atoms with Crippen LogP contribution in [0.25, 0.3) is 0 Å². The number of carbonyl (C=O) groups excluding carboxylic acids is 2. The molecule has 0 bridgehead atoms. The molecule has 1 heterocycles. The molecular weight excluding hydrogens is 322 g/mol. The Hall–Kier alpha value is -2.12. The average molecular weight is 349 g/mol. The summed E-state index contributed by atoms with van der Waals surface area (Å²) in [6.07, 6.45) is 0.111. The van der Waals surface area contributed by atoms with E-state index >= 15 is 0 Å². The molecule has 0 aliphatic carbocycles. The van der Waals surface area contributed by atoms with E-state index in [1.54, 1.807) is 12.1 Å². The number of benzene rings is 1. The minimum Gasteiger partial charge on any atom is -0.508 e. The largest absolute Gasteiger partial charge is 0.508 e. The number of hydrogen-bond donors (Lipinski definition) is 3. The first-order chi connectivity index (χ1) is 11.8. The van der Waals surface area contributed by atoms with Crippen molar-refractivity contribution < 1.29 is 19.4 Å². The number of morpholine rings is 1. The summed E-state index contributed by atoms with van der Waals surface area (Å²) in [5, 5.41) is 9.43. The first-order valence-electron chi connectivity index (χ1n) is 8.56. The molecule has 0 spiro atoms. The standard InChI is InChI=1S/C18H27N3O4/c1-11(2)16(21-9-12(3)25-13(4)10-21)18(24)20-19-17(23)14-6-5-7-15(22)8-14/h5-8,11-13,16,22H,9-10H2,1-4H3,(H,19,23)(H,20,24). The van der Waals surface area contributed by atoms with E-state index in [4.69, 9.17) is 4.74 Å². The van der Waals surface area contributed by atoms with Crippen LogP contribution in [-0.4, -0.2) is 53.2 Å². The van der Waals surface area contributed by atoms with Crippen LogP contribution in [-0.2, 0) is 9.53 Å². The summed E-state index contributed by atoms with van der Waals surface area (Å²) in [5.74, 6) is -0.661. The van der Waals surface area contributed by atoms with Crippen molar-refractivity contribution in [1.82, 2.24) is 15.8 Å². The van der Waals surface area contributed by atoms with Gasteiger partial charge in [0.2, 0.25) is 0 Å². The highest BCUT2D eigenvalue weighted by Gasteiger charge is 2.34. The summed E-state index contributed by atoms with van der Waals surface area (Å²) < 4.78 is 5.73. The van der Waals surface area contributed by atoms with Crippen LogP contribution in [0, 0.1) is 5.92 Å². The van der Waals surface area contributed by atoms with Crippen LogP contribution in [0.2, 0.25) is 0 Å². The number of nitrogens with one attached hydrogen (secondary N) is 2. The second kappa shape index (κ2) is 8.31. The van der Waals surface area contributed by atoms with Crippen LogP contribution in [0.1, 0.15) is 38.1 Å². The number of nitrogens with zero attached hydrogens (tertiary/aromatic N) is 1. The van der Waals surface area contributed by atoms with E-state index in [9.17, 15) is 14.7 Å². The second-order valence-corrected chi connectivity index (χ2v) is 6.89. The van der Waals surface area contributed by atoms with Crippen molar-refractivity contribution in [3.8, 4) is 5.75 Å². The van der Waals surface area contributed by atoms with Crippen LogP contribution >= 0.6 is 0 Å². The molecule has 1 saturated heterocycles. The van der Waals surface area contributed by atoms with Crippen molar-refractivity contribution in [2.45, 2.75) is 45.9 Å². The van der Waals surface area contributed by atoms with Gasteiger partial charge in [-0.2, -0.15) is 0 Å². The third kappa shape index (κ3) is 5.17. The normalized spacial score (nSPS) is 22.4. The Labute approximate surface area is 148 Å². The molecule has 25 heavy (non-hydrogen) atoms. The van der Waals surface area contributed by atoms with Gasteiger partial charge in [-0.15, -0.1) is 0 Å². The van der Waals surface area contributed by atoms with E-state index in [1.807, 2.05) is 27.7 Å². The lowest BCUT2D eigenvalue weighted by atomic mass is 10.00. The van der Waals surface area contributed by atoms with Crippen molar-refractivity contribution in [3.05, 3.63) is 29.8 Å². The summed E-state index contributed by atoms with van der Waals surface area (Å²) >= 11 is 0. The van der Waals surface area contributed by atoms with Gasteiger partial charge in [-0.25, -0.2) is 0 Å². The van der Waals surface area contributed by atoms with Gasteiger partial charge >= 0.3 is 0 Å². The smallest absolute Gasteiger partial charge is 0.269 e. The number of amides is 2. The van der Waals surface area contributed by atoms with Gasteiger partial charge < -0.3 is 9.84 Å². The topological polar surface area (TPSA) is 90.9 Å². The van der Waals surface area contributed by atoms with E-state index in [-0.39, 0.29) is 41.4 Å². The lowest BCUT2D eigenvalue weighted by Crippen LogP contribution is -2.59.